The average Bonchev–Trinajstić information content (AvgIpc) is 2.67. The molecule has 1 aliphatic heterocycles. The van der Waals surface area contributed by atoms with Crippen LogP contribution in [0.4, 0.5) is 0 Å². The highest BCUT2D eigenvalue weighted by Crippen LogP contribution is 2.31. The van der Waals surface area contributed by atoms with Gasteiger partial charge in [0.2, 0.25) is 0 Å². The first kappa shape index (κ1) is 17.2. The van der Waals surface area contributed by atoms with Gasteiger partial charge in [-0.15, -0.1) is 0 Å². The van der Waals surface area contributed by atoms with Crippen LogP contribution in [-0.4, -0.2) is 12.7 Å². The Kier molecular flexibility index (Phi) is 6.48. The molecule has 1 heteroatoms. The molecule has 3 rings (SSSR count). The predicted molar refractivity (Wildman–Crippen MR) is 102 cm³/mol. The maximum atomic E-state index is 6.14. The molecule has 0 N–H and O–H groups in total. The van der Waals surface area contributed by atoms with Crippen molar-refractivity contribution < 1.29 is 4.74 Å². The summed E-state index contributed by atoms with van der Waals surface area (Å²) in [7, 11) is 0. The molecule has 1 nitrogen and oxygen atoms in total. The lowest BCUT2D eigenvalue weighted by Gasteiger charge is -2.29. The highest BCUT2D eigenvalue weighted by atomic mass is 16.5. The zero-order chi connectivity index (χ0) is 16.6. The van der Waals surface area contributed by atoms with E-state index in [0.29, 0.717) is 12.0 Å². The van der Waals surface area contributed by atoms with E-state index in [9.17, 15) is 0 Å². The topological polar surface area (TPSA) is 9.23 Å². The van der Waals surface area contributed by atoms with Crippen molar-refractivity contribution in [3.05, 3.63) is 60.2 Å². The van der Waals surface area contributed by atoms with Crippen molar-refractivity contribution in [2.24, 2.45) is 0 Å². The second kappa shape index (κ2) is 9.03. The van der Waals surface area contributed by atoms with Crippen molar-refractivity contribution in [3.63, 3.8) is 0 Å². The number of hydrogen-bond donors (Lipinski definition) is 0. The van der Waals surface area contributed by atoms with Gasteiger partial charge in [0.25, 0.3) is 0 Å². The molecule has 2 aromatic rings. The van der Waals surface area contributed by atoms with E-state index in [1.165, 1.54) is 61.6 Å². The summed E-state index contributed by atoms with van der Waals surface area (Å²) in [4.78, 5) is 0. The molecule has 1 aliphatic rings. The Bertz CT molecular complexity index is 579. The molecular formula is C23H30O. The molecule has 1 fully saturated rings. The van der Waals surface area contributed by atoms with Crippen LogP contribution in [0.1, 0.15) is 63.4 Å². The highest BCUT2D eigenvalue weighted by Gasteiger charge is 2.22. The number of rotatable bonds is 7. The Morgan fingerprint density at radius 1 is 0.833 bits per heavy atom. The molecule has 2 atom stereocenters. The Labute approximate surface area is 147 Å². The number of benzene rings is 2. The van der Waals surface area contributed by atoms with Crippen LogP contribution in [-0.2, 0) is 4.74 Å². The average molecular weight is 322 g/mol. The van der Waals surface area contributed by atoms with Gasteiger partial charge >= 0.3 is 0 Å². The molecule has 2 unspecified atom stereocenters. The predicted octanol–water partition coefficient (Wildman–Crippen LogP) is 6.59. The number of hydrogen-bond acceptors (Lipinski definition) is 1. The zero-order valence-corrected chi connectivity index (χ0v) is 14.9. The minimum atomic E-state index is 0.502. The molecule has 0 amide bonds. The summed E-state index contributed by atoms with van der Waals surface area (Å²) in [6.45, 7) is 3.16. The van der Waals surface area contributed by atoms with E-state index in [4.69, 9.17) is 4.74 Å². The quantitative estimate of drug-likeness (QED) is 0.523. The number of ether oxygens (including phenoxy) is 1. The Balaban J connectivity index is 1.50. The first-order valence-corrected chi connectivity index (χ1v) is 9.64. The van der Waals surface area contributed by atoms with Crippen molar-refractivity contribution in [1.29, 1.82) is 0 Å². The molecule has 0 radical (unpaired) electrons. The van der Waals surface area contributed by atoms with Crippen LogP contribution in [0.3, 0.4) is 0 Å². The third-order valence-electron chi connectivity index (χ3n) is 5.24. The second-order valence-electron chi connectivity index (χ2n) is 7.07. The summed E-state index contributed by atoms with van der Waals surface area (Å²) < 4.78 is 6.14. The van der Waals surface area contributed by atoms with Gasteiger partial charge < -0.3 is 4.74 Å². The standard InChI is InChI=1S/C23H30O/c1-2-3-4-8-11-23-17-16-22(18-24-23)21-14-12-20(13-15-21)19-9-6-5-7-10-19/h5-7,9-10,12-15,22-23H,2-4,8,11,16-18H2,1H3. The Hall–Kier alpha value is -1.60. The van der Waals surface area contributed by atoms with Gasteiger partial charge in [-0.25, -0.2) is 0 Å². The van der Waals surface area contributed by atoms with E-state index in [1.54, 1.807) is 0 Å². The van der Waals surface area contributed by atoms with E-state index in [2.05, 4.69) is 61.5 Å². The van der Waals surface area contributed by atoms with Crippen molar-refractivity contribution >= 4 is 0 Å². The summed E-state index contributed by atoms with van der Waals surface area (Å²) in [5.74, 6) is 0.571. The minimum absolute atomic E-state index is 0.502. The fraction of sp³-hybridized carbons (Fsp3) is 0.478. The molecule has 2 aromatic carbocycles. The van der Waals surface area contributed by atoms with Gasteiger partial charge in [0.15, 0.2) is 0 Å². The molecular weight excluding hydrogens is 292 g/mol. The normalized spacial score (nSPS) is 20.9. The van der Waals surface area contributed by atoms with Gasteiger partial charge in [-0.2, -0.15) is 0 Å². The lowest BCUT2D eigenvalue weighted by Crippen LogP contribution is -2.24. The van der Waals surface area contributed by atoms with Crippen LogP contribution in [0, 0.1) is 0 Å². The smallest absolute Gasteiger partial charge is 0.0575 e. The van der Waals surface area contributed by atoms with Gasteiger partial charge in [0.1, 0.15) is 0 Å². The number of unbranched alkanes of at least 4 members (excludes halogenated alkanes) is 3. The van der Waals surface area contributed by atoms with Crippen molar-refractivity contribution in [3.8, 4) is 11.1 Å². The van der Waals surface area contributed by atoms with E-state index >= 15 is 0 Å². The van der Waals surface area contributed by atoms with E-state index < -0.39 is 0 Å². The van der Waals surface area contributed by atoms with Crippen LogP contribution in [0.25, 0.3) is 11.1 Å². The summed E-state index contributed by atoms with van der Waals surface area (Å²) in [6.07, 6.45) is 9.60. The van der Waals surface area contributed by atoms with Crippen molar-refractivity contribution in [1.82, 2.24) is 0 Å². The molecule has 0 saturated carbocycles. The molecule has 1 saturated heterocycles. The maximum Gasteiger partial charge on any atom is 0.0575 e. The van der Waals surface area contributed by atoms with Crippen LogP contribution < -0.4 is 0 Å². The van der Waals surface area contributed by atoms with E-state index in [1.807, 2.05) is 0 Å². The molecule has 24 heavy (non-hydrogen) atoms. The first-order chi connectivity index (χ1) is 11.9. The Morgan fingerprint density at radius 2 is 1.58 bits per heavy atom. The molecule has 1 heterocycles. The molecule has 128 valence electrons. The van der Waals surface area contributed by atoms with Crippen LogP contribution >= 0.6 is 0 Å². The van der Waals surface area contributed by atoms with E-state index in [0.717, 1.165) is 6.61 Å². The summed E-state index contributed by atoms with van der Waals surface area (Å²) in [5, 5.41) is 0. The fourth-order valence-corrected chi connectivity index (χ4v) is 3.67. The van der Waals surface area contributed by atoms with Gasteiger partial charge in [-0.05, 0) is 36.0 Å². The monoisotopic (exact) mass is 322 g/mol. The van der Waals surface area contributed by atoms with Crippen LogP contribution in [0.15, 0.2) is 54.6 Å². The van der Waals surface area contributed by atoms with Gasteiger partial charge in [0.05, 0.1) is 12.7 Å². The van der Waals surface area contributed by atoms with Crippen LogP contribution in [0.2, 0.25) is 0 Å². The third kappa shape index (κ3) is 4.70. The first-order valence-electron chi connectivity index (χ1n) is 9.64. The van der Waals surface area contributed by atoms with Gasteiger partial charge in [-0.3, -0.25) is 0 Å². The zero-order valence-electron chi connectivity index (χ0n) is 14.9. The fourth-order valence-electron chi connectivity index (χ4n) is 3.67. The van der Waals surface area contributed by atoms with Gasteiger partial charge in [-0.1, -0.05) is 87.2 Å². The lowest BCUT2D eigenvalue weighted by atomic mass is 9.89. The van der Waals surface area contributed by atoms with Crippen LogP contribution in [0.5, 0.6) is 0 Å². The summed E-state index contributed by atoms with van der Waals surface area (Å²) in [6, 6.07) is 19.7. The molecule has 0 spiro atoms. The summed E-state index contributed by atoms with van der Waals surface area (Å²) in [5.41, 5.74) is 4.01. The largest absolute Gasteiger partial charge is 0.378 e. The third-order valence-corrected chi connectivity index (χ3v) is 5.24. The minimum Gasteiger partial charge on any atom is -0.378 e. The SMILES string of the molecule is CCCCCCC1CCC(c2ccc(-c3ccccc3)cc2)CO1. The maximum absolute atomic E-state index is 6.14. The van der Waals surface area contributed by atoms with E-state index in [-0.39, 0.29) is 0 Å². The molecule has 0 bridgehead atoms. The Morgan fingerprint density at radius 3 is 2.25 bits per heavy atom. The van der Waals surface area contributed by atoms with Gasteiger partial charge in [0, 0.05) is 5.92 Å². The summed E-state index contributed by atoms with van der Waals surface area (Å²) >= 11 is 0. The lowest BCUT2D eigenvalue weighted by molar-refractivity contribution is -0.00212. The van der Waals surface area contributed by atoms with Crippen molar-refractivity contribution in [2.45, 2.75) is 63.9 Å². The highest BCUT2D eigenvalue weighted by molar-refractivity contribution is 5.63. The molecule has 0 aromatic heterocycles. The van der Waals surface area contributed by atoms with Crippen molar-refractivity contribution in [2.75, 3.05) is 6.61 Å². The second-order valence-corrected chi connectivity index (χ2v) is 7.07. The molecule has 0 aliphatic carbocycles.